The van der Waals surface area contributed by atoms with E-state index < -0.39 is 5.97 Å². The molecular formula is C24H22Br2ClN3O4. The predicted molar refractivity (Wildman–Crippen MR) is 140 cm³/mol. The van der Waals surface area contributed by atoms with Crippen LogP contribution in [0.1, 0.15) is 56.3 Å². The number of carbonyl (C=O) groups excluding carboxylic acids is 1. The van der Waals surface area contributed by atoms with E-state index >= 15 is 0 Å². The highest BCUT2D eigenvalue weighted by atomic mass is 79.9. The highest BCUT2D eigenvalue weighted by molar-refractivity contribution is 9.10. The molecule has 34 heavy (non-hydrogen) atoms. The summed E-state index contributed by atoms with van der Waals surface area (Å²) in [7, 11) is 1.45. The molecule has 178 valence electrons. The second kappa shape index (κ2) is 10.6. The van der Waals surface area contributed by atoms with Crippen LogP contribution in [0.4, 0.5) is 0 Å². The van der Waals surface area contributed by atoms with E-state index in [1.165, 1.54) is 31.3 Å². The van der Waals surface area contributed by atoms with Gasteiger partial charge in [0.2, 0.25) is 0 Å². The Labute approximate surface area is 218 Å². The third kappa shape index (κ3) is 5.06. The van der Waals surface area contributed by atoms with Gasteiger partial charge in [0.25, 0.3) is 5.56 Å². The molecule has 1 fully saturated rings. The minimum Gasteiger partial charge on any atom is -0.493 e. The lowest BCUT2D eigenvalue weighted by atomic mass is 9.88. The van der Waals surface area contributed by atoms with E-state index in [2.05, 4.69) is 37.0 Å². The summed E-state index contributed by atoms with van der Waals surface area (Å²) in [5.74, 6) is 0.662. The quantitative estimate of drug-likeness (QED) is 0.189. The fourth-order valence-electron chi connectivity index (χ4n) is 4.11. The molecule has 7 nitrogen and oxygen atoms in total. The maximum absolute atomic E-state index is 13.5. The van der Waals surface area contributed by atoms with Crippen molar-refractivity contribution in [3.8, 4) is 11.5 Å². The minimum absolute atomic E-state index is 0.109. The van der Waals surface area contributed by atoms with Crippen LogP contribution in [0.15, 0.2) is 43.1 Å². The summed E-state index contributed by atoms with van der Waals surface area (Å²) in [5.41, 5.74) is 0.958. The normalized spacial score (nSPS) is 14.6. The zero-order valence-electron chi connectivity index (χ0n) is 18.6. The molecule has 1 aliphatic rings. The first-order valence-electron chi connectivity index (χ1n) is 10.8. The van der Waals surface area contributed by atoms with Gasteiger partial charge in [-0.15, -0.1) is 0 Å². The number of carbonyl (C=O) groups is 1. The molecule has 1 aliphatic carbocycles. The monoisotopic (exact) mass is 609 g/mol. The summed E-state index contributed by atoms with van der Waals surface area (Å²) >= 11 is 13.3. The molecule has 3 aromatic rings. The standard InChI is InChI=1S/C24H22Br2ClN3O4/c1-13(31)34-22-19(33-2)10-15(20(26)21(22)27)12-28-30-23(14-6-4-3-5-7-14)29-18-9-8-16(25)11-17(18)24(30)32/h8-12,14H,3-7H2,1-2H3. The van der Waals surface area contributed by atoms with Crippen LogP contribution in [0.3, 0.4) is 0 Å². The van der Waals surface area contributed by atoms with Gasteiger partial charge in [-0.2, -0.15) is 9.78 Å². The highest BCUT2D eigenvalue weighted by Gasteiger charge is 2.23. The molecule has 1 heterocycles. The molecule has 0 spiro atoms. The summed E-state index contributed by atoms with van der Waals surface area (Å²) < 4.78 is 13.2. The van der Waals surface area contributed by atoms with Crippen LogP contribution in [-0.2, 0) is 4.79 Å². The van der Waals surface area contributed by atoms with Crippen molar-refractivity contribution >= 4 is 66.5 Å². The van der Waals surface area contributed by atoms with Crippen LogP contribution in [0.25, 0.3) is 10.9 Å². The molecule has 0 amide bonds. The number of esters is 1. The van der Waals surface area contributed by atoms with E-state index in [0.29, 0.717) is 26.8 Å². The van der Waals surface area contributed by atoms with Gasteiger partial charge in [-0.3, -0.25) is 9.59 Å². The van der Waals surface area contributed by atoms with Crippen LogP contribution in [0.5, 0.6) is 11.5 Å². The van der Waals surface area contributed by atoms with Crippen molar-refractivity contribution in [1.82, 2.24) is 9.66 Å². The van der Waals surface area contributed by atoms with Gasteiger partial charge in [0.05, 0.1) is 24.2 Å². The summed E-state index contributed by atoms with van der Waals surface area (Å²) in [6.45, 7) is 1.28. The SMILES string of the molecule is COc1cc(C=Nn2c(C3CCCCC3)nc3ccc(Br)cc3c2=O)c(Br)c(Cl)c1OC(C)=O. The van der Waals surface area contributed by atoms with Crippen molar-refractivity contribution in [2.24, 2.45) is 5.10 Å². The number of ether oxygens (including phenoxy) is 2. The molecule has 0 radical (unpaired) electrons. The first-order chi connectivity index (χ1) is 16.3. The van der Waals surface area contributed by atoms with E-state index in [-0.39, 0.29) is 28.0 Å². The largest absolute Gasteiger partial charge is 0.493 e. The van der Waals surface area contributed by atoms with E-state index in [1.54, 1.807) is 12.1 Å². The van der Waals surface area contributed by atoms with Crippen molar-refractivity contribution in [2.75, 3.05) is 7.11 Å². The lowest BCUT2D eigenvalue weighted by Crippen LogP contribution is -2.25. The van der Waals surface area contributed by atoms with E-state index in [1.807, 2.05) is 12.1 Å². The lowest BCUT2D eigenvalue weighted by Gasteiger charge is -2.22. The Morgan fingerprint density at radius 1 is 1.24 bits per heavy atom. The Morgan fingerprint density at radius 2 is 1.97 bits per heavy atom. The number of methoxy groups -OCH3 is 1. The van der Waals surface area contributed by atoms with Gasteiger partial charge in [0, 0.05) is 27.4 Å². The first-order valence-corrected chi connectivity index (χ1v) is 12.8. The second-order valence-electron chi connectivity index (χ2n) is 8.05. The highest BCUT2D eigenvalue weighted by Crippen LogP contribution is 2.42. The zero-order valence-corrected chi connectivity index (χ0v) is 22.5. The number of nitrogens with zero attached hydrogens (tertiary/aromatic N) is 3. The van der Waals surface area contributed by atoms with E-state index in [4.69, 9.17) is 26.1 Å². The van der Waals surface area contributed by atoms with Crippen molar-refractivity contribution in [1.29, 1.82) is 0 Å². The molecular weight excluding hydrogens is 590 g/mol. The number of rotatable bonds is 5. The predicted octanol–water partition coefficient (Wildman–Crippen LogP) is 6.44. The molecule has 0 saturated heterocycles. The second-order valence-corrected chi connectivity index (χ2v) is 10.1. The average molecular weight is 612 g/mol. The van der Waals surface area contributed by atoms with Gasteiger partial charge < -0.3 is 9.47 Å². The molecule has 1 aromatic heterocycles. The van der Waals surface area contributed by atoms with Gasteiger partial charge in [0.1, 0.15) is 10.8 Å². The van der Waals surface area contributed by atoms with E-state index in [0.717, 1.165) is 30.2 Å². The first kappa shape index (κ1) is 24.9. The minimum atomic E-state index is -0.523. The zero-order chi connectivity index (χ0) is 24.4. The Kier molecular flexibility index (Phi) is 7.74. The van der Waals surface area contributed by atoms with Crippen LogP contribution in [-0.4, -0.2) is 29.0 Å². The van der Waals surface area contributed by atoms with Crippen LogP contribution >= 0.6 is 43.5 Å². The van der Waals surface area contributed by atoms with Crippen molar-refractivity contribution in [2.45, 2.75) is 44.9 Å². The molecule has 0 aliphatic heterocycles. The smallest absolute Gasteiger partial charge is 0.308 e. The van der Waals surface area contributed by atoms with Gasteiger partial charge in [-0.25, -0.2) is 4.98 Å². The number of hydrogen-bond acceptors (Lipinski definition) is 6. The van der Waals surface area contributed by atoms with Gasteiger partial charge in [-0.1, -0.05) is 46.8 Å². The molecule has 0 unspecified atom stereocenters. The van der Waals surface area contributed by atoms with Crippen molar-refractivity contribution in [3.05, 3.63) is 60.0 Å². The summed E-state index contributed by atoms with van der Waals surface area (Å²) in [6, 6.07) is 7.11. The van der Waals surface area contributed by atoms with Crippen molar-refractivity contribution < 1.29 is 14.3 Å². The Balaban J connectivity index is 1.86. The Bertz CT molecular complexity index is 1350. The van der Waals surface area contributed by atoms with Gasteiger partial charge in [0.15, 0.2) is 11.5 Å². The van der Waals surface area contributed by atoms with E-state index in [9.17, 15) is 9.59 Å². The molecule has 0 N–H and O–H groups in total. The summed E-state index contributed by atoms with van der Waals surface area (Å²) in [5, 5.41) is 5.19. The third-order valence-corrected chi connectivity index (χ3v) is 7.67. The molecule has 10 heteroatoms. The number of benzene rings is 2. The van der Waals surface area contributed by atoms with Crippen LogP contribution in [0, 0.1) is 0 Å². The maximum atomic E-state index is 13.5. The van der Waals surface area contributed by atoms with Crippen molar-refractivity contribution in [3.63, 3.8) is 0 Å². The van der Waals surface area contributed by atoms with Crippen LogP contribution in [0.2, 0.25) is 5.02 Å². The lowest BCUT2D eigenvalue weighted by molar-refractivity contribution is -0.132. The van der Waals surface area contributed by atoms with Gasteiger partial charge in [-0.05, 0) is 53.0 Å². The Morgan fingerprint density at radius 3 is 2.65 bits per heavy atom. The number of fused-ring (bicyclic) bond motifs is 1. The van der Waals surface area contributed by atoms with Gasteiger partial charge >= 0.3 is 5.97 Å². The summed E-state index contributed by atoms with van der Waals surface area (Å²) in [6.07, 6.45) is 6.83. The third-order valence-electron chi connectivity index (χ3n) is 5.74. The molecule has 4 rings (SSSR count). The van der Waals surface area contributed by atoms with Crippen LogP contribution < -0.4 is 15.0 Å². The molecule has 2 aromatic carbocycles. The fraction of sp³-hybridized carbons (Fsp3) is 0.333. The average Bonchev–Trinajstić information content (AvgIpc) is 2.83. The number of halogens is 3. The molecule has 0 bridgehead atoms. The molecule has 1 saturated carbocycles. The Hall–Kier alpha value is -2.23. The topological polar surface area (TPSA) is 82.8 Å². The fourth-order valence-corrected chi connectivity index (χ4v) is 5.11. The number of aromatic nitrogens is 2. The summed E-state index contributed by atoms with van der Waals surface area (Å²) in [4.78, 5) is 29.8. The number of hydrogen-bond donors (Lipinski definition) is 0. The maximum Gasteiger partial charge on any atom is 0.308 e. The molecule has 0 atom stereocenters.